The van der Waals surface area contributed by atoms with Crippen LogP contribution in [0.5, 0.6) is 0 Å². The van der Waals surface area contributed by atoms with Gasteiger partial charge in [0.05, 0.1) is 12.1 Å². The monoisotopic (exact) mass is 286 g/mol. The molecule has 4 heteroatoms. The van der Waals surface area contributed by atoms with E-state index < -0.39 is 0 Å². The van der Waals surface area contributed by atoms with Gasteiger partial charge in [-0.15, -0.1) is 10.2 Å². The second-order valence-corrected chi connectivity index (χ2v) is 5.12. The lowest BCUT2D eigenvalue weighted by Crippen LogP contribution is -2.08. The van der Waals surface area contributed by atoms with Gasteiger partial charge in [0.2, 0.25) is 0 Å². The predicted molar refractivity (Wildman–Crippen MR) is 84.6 cm³/mol. The number of aromatic nitrogens is 4. The summed E-state index contributed by atoms with van der Waals surface area (Å²) in [6.45, 7) is 0. The summed E-state index contributed by atoms with van der Waals surface area (Å²) in [6.07, 6.45) is 5.39. The predicted octanol–water partition coefficient (Wildman–Crippen LogP) is 3.30. The highest BCUT2D eigenvalue weighted by atomic mass is 15.3. The largest absolute Gasteiger partial charge is 0.283 e. The smallest absolute Gasteiger partial charge is 0.179 e. The SMILES string of the molecule is c1ccc(C(c2ccccc2)c2nnc3cnccn23)cc1. The van der Waals surface area contributed by atoms with Crippen LogP contribution in [-0.4, -0.2) is 19.6 Å². The molecule has 0 spiro atoms. The first kappa shape index (κ1) is 12.7. The Morgan fingerprint density at radius 3 is 2.05 bits per heavy atom. The second-order valence-electron chi connectivity index (χ2n) is 5.12. The Balaban J connectivity index is 1.95. The van der Waals surface area contributed by atoms with Crippen LogP contribution >= 0.6 is 0 Å². The van der Waals surface area contributed by atoms with E-state index >= 15 is 0 Å². The van der Waals surface area contributed by atoms with Gasteiger partial charge in [-0.2, -0.15) is 0 Å². The van der Waals surface area contributed by atoms with Gasteiger partial charge < -0.3 is 0 Å². The van der Waals surface area contributed by atoms with E-state index in [1.807, 2.05) is 22.7 Å². The average Bonchev–Trinajstić information content (AvgIpc) is 3.01. The standard InChI is InChI=1S/C18H14N4/c1-3-7-14(8-4-1)17(15-9-5-2-6-10-15)18-21-20-16-13-19-11-12-22(16)18/h1-13,17H. The van der Waals surface area contributed by atoms with Crippen molar-refractivity contribution in [2.75, 3.05) is 0 Å². The molecule has 22 heavy (non-hydrogen) atoms. The normalized spacial score (nSPS) is 11.1. The summed E-state index contributed by atoms with van der Waals surface area (Å²) in [4.78, 5) is 4.11. The minimum atomic E-state index is 0.0415. The van der Waals surface area contributed by atoms with Crippen LogP contribution in [0.25, 0.3) is 5.65 Å². The minimum absolute atomic E-state index is 0.0415. The quantitative estimate of drug-likeness (QED) is 0.580. The molecule has 106 valence electrons. The van der Waals surface area contributed by atoms with Gasteiger partial charge in [-0.1, -0.05) is 60.7 Å². The average molecular weight is 286 g/mol. The third-order valence-corrected chi connectivity index (χ3v) is 3.76. The van der Waals surface area contributed by atoms with Crippen LogP contribution in [0.1, 0.15) is 22.9 Å². The van der Waals surface area contributed by atoms with Crippen LogP contribution in [-0.2, 0) is 0 Å². The first-order valence-electron chi connectivity index (χ1n) is 7.18. The fraction of sp³-hybridized carbons (Fsp3) is 0.0556. The number of fused-ring (bicyclic) bond motifs is 1. The lowest BCUT2D eigenvalue weighted by molar-refractivity contribution is 0.832. The zero-order valence-electron chi connectivity index (χ0n) is 11.9. The third kappa shape index (κ3) is 2.15. The maximum atomic E-state index is 4.42. The Morgan fingerprint density at radius 2 is 1.41 bits per heavy atom. The van der Waals surface area contributed by atoms with Crippen molar-refractivity contribution in [2.24, 2.45) is 0 Å². The highest BCUT2D eigenvalue weighted by molar-refractivity contribution is 5.42. The number of hydrogen-bond donors (Lipinski definition) is 0. The van der Waals surface area contributed by atoms with E-state index in [1.165, 1.54) is 11.1 Å². The van der Waals surface area contributed by atoms with E-state index in [1.54, 1.807) is 12.4 Å². The van der Waals surface area contributed by atoms with E-state index in [4.69, 9.17) is 0 Å². The zero-order chi connectivity index (χ0) is 14.8. The Kier molecular flexibility index (Phi) is 3.12. The van der Waals surface area contributed by atoms with Crippen LogP contribution < -0.4 is 0 Å². The van der Waals surface area contributed by atoms with E-state index in [0.717, 1.165) is 11.5 Å². The van der Waals surface area contributed by atoms with Crippen LogP contribution in [0.2, 0.25) is 0 Å². The number of nitrogens with zero attached hydrogens (tertiary/aromatic N) is 4. The second kappa shape index (κ2) is 5.41. The molecule has 0 aliphatic rings. The van der Waals surface area contributed by atoms with Crippen molar-refractivity contribution in [1.82, 2.24) is 19.6 Å². The molecule has 0 atom stereocenters. The molecule has 0 unspecified atom stereocenters. The van der Waals surface area contributed by atoms with Crippen molar-refractivity contribution in [3.05, 3.63) is 96.2 Å². The summed E-state index contributed by atoms with van der Waals surface area (Å²) in [5, 5.41) is 8.66. The van der Waals surface area contributed by atoms with Gasteiger partial charge in [0.25, 0.3) is 0 Å². The van der Waals surface area contributed by atoms with E-state index in [0.29, 0.717) is 0 Å². The molecule has 0 amide bonds. The molecule has 2 aromatic carbocycles. The molecular formula is C18H14N4. The molecule has 0 saturated carbocycles. The summed E-state index contributed by atoms with van der Waals surface area (Å²) in [5.74, 6) is 0.939. The Morgan fingerprint density at radius 1 is 0.773 bits per heavy atom. The molecule has 4 nitrogen and oxygen atoms in total. The Hall–Kier alpha value is -3.01. The van der Waals surface area contributed by atoms with Crippen molar-refractivity contribution in [3.8, 4) is 0 Å². The molecular weight excluding hydrogens is 272 g/mol. The lowest BCUT2D eigenvalue weighted by atomic mass is 9.90. The van der Waals surface area contributed by atoms with Gasteiger partial charge in [0.1, 0.15) is 5.82 Å². The van der Waals surface area contributed by atoms with E-state index in [-0.39, 0.29) is 5.92 Å². The van der Waals surface area contributed by atoms with Crippen molar-refractivity contribution in [3.63, 3.8) is 0 Å². The first-order chi connectivity index (χ1) is 10.9. The van der Waals surface area contributed by atoms with Gasteiger partial charge in [0.15, 0.2) is 5.65 Å². The van der Waals surface area contributed by atoms with Crippen LogP contribution in [0, 0.1) is 0 Å². The fourth-order valence-corrected chi connectivity index (χ4v) is 2.75. The Labute approximate surface area is 128 Å². The molecule has 0 saturated heterocycles. The third-order valence-electron chi connectivity index (χ3n) is 3.76. The maximum Gasteiger partial charge on any atom is 0.179 e. The molecule has 0 radical (unpaired) electrons. The number of hydrogen-bond acceptors (Lipinski definition) is 3. The van der Waals surface area contributed by atoms with E-state index in [2.05, 4.69) is 63.7 Å². The topological polar surface area (TPSA) is 43.1 Å². The molecule has 0 aliphatic carbocycles. The van der Waals surface area contributed by atoms with Crippen molar-refractivity contribution >= 4 is 5.65 Å². The summed E-state index contributed by atoms with van der Waals surface area (Å²) in [7, 11) is 0. The lowest BCUT2D eigenvalue weighted by Gasteiger charge is -2.16. The summed E-state index contributed by atoms with van der Waals surface area (Å²) < 4.78 is 2.00. The van der Waals surface area contributed by atoms with Crippen LogP contribution in [0.4, 0.5) is 0 Å². The highest BCUT2D eigenvalue weighted by Gasteiger charge is 2.21. The molecule has 0 aliphatic heterocycles. The van der Waals surface area contributed by atoms with Gasteiger partial charge in [-0.25, -0.2) is 0 Å². The molecule has 2 heterocycles. The zero-order valence-corrected chi connectivity index (χ0v) is 11.9. The summed E-state index contributed by atoms with van der Waals surface area (Å²) in [5.41, 5.74) is 3.15. The molecule has 0 bridgehead atoms. The van der Waals surface area contributed by atoms with Crippen molar-refractivity contribution in [2.45, 2.75) is 5.92 Å². The van der Waals surface area contributed by atoms with Gasteiger partial charge in [-0.05, 0) is 11.1 Å². The maximum absolute atomic E-state index is 4.42. The highest BCUT2D eigenvalue weighted by Crippen LogP contribution is 2.30. The Bertz CT molecular complexity index is 845. The molecule has 0 fully saturated rings. The number of benzene rings is 2. The summed E-state index contributed by atoms with van der Waals surface area (Å²) >= 11 is 0. The van der Waals surface area contributed by atoms with Crippen molar-refractivity contribution < 1.29 is 0 Å². The van der Waals surface area contributed by atoms with E-state index in [9.17, 15) is 0 Å². The van der Waals surface area contributed by atoms with Gasteiger partial charge >= 0.3 is 0 Å². The molecule has 2 aromatic heterocycles. The van der Waals surface area contributed by atoms with Crippen LogP contribution in [0.15, 0.2) is 79.3 Å². The van der Waals surface area contributed by atoms with Crippen LogP contribution in [0.3, 0.4) is 0 Å². The molecule has 4 aromatic rings. The minimum Gasteiger partial charge on any atom is -0.283 e. The van der Waals surface area contributed by atoms with Crippen molar-refractivity contribution in [1.29, 1.82) is 0 Å². The van der Waals surface area contributed by atoms with Gasteiger partial charge in [-0.3, -0.25) is 9.38 Å². The summed E-state index contributed by atoms with van der Waals surface area (Å²) in [6, 6.07) is 20.8. The van der Waals surface area contributed by atoms with Gasteiger partial charge in [0, 0.05) is 12.4 Å². The number of rotatable bonds is 3. The first-order valence-corrected chi connectivity index (χ1v) is 7.18. The molecule has 4 rings (SSSR count). The molecule has 0 N–H and O–H groups in total. The fourth-order valence-electron chi connectivity index (χ4n) is 2.75.